The van der Waals surface area contributed by atoms with Gasteiger partial charge < -0.3 is 96.0 Å². The summed E-state index contributed by atoms with van der Waals surface area (Å²) in [7, 11) is 1.35. The number of aromatic nitrogens is 8. The first-order chi connectivity index (χ1) is 61.1. The summed E-state index contributed by atoms with van der Waals surface area (Å²) in [6, 6.07) is 15.1. The molecular formula is C92H124N16O19. The highest BCUT2D eigenvalue weighted by molar-refractivity contribution is 5.78. The second-order valence-corrected chi connectivity index (χ2v) is 35.7. The fraction of sp³-hybridized carbons (Fsp3) is 0.576. The molecule has 16 rings (SSSR count). The van der Waals surface area contributed by atoms with Crippen molar-refractivity contribution < 1.29 is 89.5 Å². The monoisotopic (exact) mass is 1760 g/mol. The van der Waals surface area contributed by atoms with Gasteiger partial charge in [-0.1, -0.05) is 20.6 Å². The second kappa shape index (κ2) is 45.6. The number of carbonyl (C=O) groups excluding carboxylic acids is 7. The van der Waals surface area contributed by atoms with Gasteiger partial charge >= 0.3 is 24.2 Å². The normalized spacial score (nSPS) is 18.2. The average molecular weight is 1760 g/mol. The number of amides is 6. The van der Waals surface area contributed by atoms with Crippen LogP contribution < -0.4 is 29.6 Å². The fourth-order valence-electron chi connectivity index (χ4n) is 14.6. The van der Waals surface area contributed by atoms with E-state index in [2.05, 4.69) is 55.9 Å². The van der Waals surface area contributed by atoms with Crippen molar-refractivity contribution in [2.75, 3.05) is 112 Å². The molecule has 6 amide bonds. The third-order valence-corrected chi connectivity index (χ3v) is 22.2. The number of likely N-dealkylation sites (tertiary alicyclic amines) is 6. The molecule has 0 radical (unpaired) electrons. The molecule has 8 aromatic rings. The molecule has 0 spiro atoms. The minimum atomic E-state index is -0.525. The van der Waals surface area contributed by atoms with Gasteiger partial charge in [0.25, 0.3) is 0 Å². The van der Waals surface area contributed by atoms with E-state index >= 15 is 0 Å². The summed E-state index contributed by atoms with van der Waals surface area (Å²) in [5.74, 6) is 5.05. The van der Waals surface area contributed by atoms with E-state index in [9.17, 15) is 33.6 Å². The lowest BCUT2D eigenvalue weighted by Gasteiger charge is -2.40. The molecule has 35 heteroatoms. The fourth-order valence-corrected chi connectivity index (χ4v) is 14.6. The quantitative estimate of drug-likeness (QED) is 0.0340. The lowest BCUT2D eigenvalue weighted by molar-refractivity contribution is -0.140. The molecule has 0 unspecified atom stereocenters. The van der Waals surface area contributed by atoms with Crippen LogP contribution in [-0.4, -0.2) is 265 Å². The highest BCUT2D eigenvalue weighted by atomic mass is 16.6. The Kier molecular flexibility index (Phi) is 33.9. The molecule has 8 aromatic heterocycles. The topological polar surface area (TPSA) is 393 Å². The number of nitrogens with zero attached hydrogens (tertiary/aromatic N) is 14. The molecule has 0 aliphatic carbocycles. The van der Waals surface area contributed by atoms with E-state index in [0.717, 1.165) is 150 Å². The lowest BCUT2D eigenvalue weighted by Crippen LogP contribution is -2.55. The predicted molar refractivity (Wildman–Crippen MR) is 466 cm³/mol. The van der Waals surface area contributed by atoms with Crippen LogP contribution in [0.2, 0.25) is 0 Å². The average Bonchev–Trinajstić information content (AvgIpc) is 1.19. The van der Waals surface area contributed by atoms with Crippen LogP contribution in [0.4, 0.5) is 14.4 Å². The summed E-state index contributed by atoms with van der Waals surface area (Å²) in [6.45, 7) is 29.2. The Morgan fingerprint density at radius 1 is 0.362 bits per heavy atom. The number of ether oxygens (including phenoxy) is 8. The number of hydrogen-bond donors (Lipinski definition) is 2. The van der Waals surface area contributed by atoms with E-state index in [0.29, 0.717) is 149 Å². The maximum atomic E-state index is 12.3. The van der Waals surface area contributed by atoms with Crippen LogP contribution in [0.25, 0.3) is 45.3 Å². The van der Waals surface area contributed by atoms with Gasteiger partial charge in [0.2, 0.25) is 17.7 Å². The van der Waals surface area contributed by atoms with Gasteiger partial charge in [-0.3, -0.25) is 39.1 Å². The smallest absolute Gasteiger partial charge is 0.410 e. The molecular weight excluding hydrogens is 1630 g/mol. The maximum absolute atomic E-state index is 12.3. The highest BCUT2D eigenvalue weighted by Crippen LogP contribution is 2.33. The van der Waals surface area contributed by atoms with Gasteiger partial charge in [0, 0.05) is 181 Å². The van der Waals surface area contributed by atoms with Crippen LogP contribution in [0.15, 0.2) is 116 Å². The van der Waals surface area contributed by atoms with E-state index in [4.69, 9.17) is 51.3 Å². The molecule has 8 saturated heterocycles. The van der Waals surface area contributed by atoms with Gasteiger partial charge in [0.05, 0.1) is 79.2 Å². The van der Waals surface area contributed by atoms with Crippen molar-refractivity contribution in [1.29, 1.82) is 0 Å². The summed E-state index contributed by atoms with van der Waals surface area (Å²) in [5.41, 5.74) is 4.39. The van der Waals surface area contributed by atoms with Crippen LogP contribution in [0.5, 0.6) is 23.0 Å². The van der Waals surface area contributed by atoms with Crippen molar-refractivity contribution in [3.63, 3.8) is 0 Å². The molecule has 8 fully saturated rings. The standard InChI is InChI=1S/2C24H32N4O5.C21H27N3O6.C19H24N4O3.C4H9N/c2*1-24(2,3)32-23(30)28-11-8-19(28)16-31-20-12-17(14-25-15-20)21-13-18(26-33-21)6-7-22(29)27-9-4-5-10-27;1-21(2,3)29-20(26)24-8-7-16(24)13-28-17-9-14(11-22-12-17)18-10-15(23-30-18)5-6-19(25)27-4;24-19(23-7-1-2-8-23)4-3-15-10-18(26-22-15)14-9-17(12-20-11-14)25-13-16-5-6-21-16;1-2-4-5-3-1/h2*12-15,19H,4-11,16H2,1-3H3;9-12,16H,5-8,13H2,1-4H3;9-12,16,21H,1-8,13H2;5H,1-4H2/t2*19-;2*16-;/m0000./s1. The van der Waals surface area contributed by atoms with E-state index in [1.807, 2.05) is 113 Å². The van der Waals surface area contributed by atoms with Crippen molar-refractivity contribution >= 4 is 42.0 Å². The summed E-state index contributed by atoms with van der Waals surface area (Å²) in [4.78, 5) is 112. The minimum absolute atomic E-state index is 0.0199. The van der Waals surface area contributed by atoms with Gasteiger partial charge in [-0.15, -0.1) is 0 Å². The third kappa shape index (κ3) is 29.7. The SMILES string of the molecule is C1CCNC1.CC(C)(C)OC(=O)N1CC[C@H]1COc1cncc(-c2cc(CCC(=O)N3CCCC3)no2)c1.CC(C)(C)OC(=O)N1CC[C@H]1COc1cncc(-c2cc(CCC(=O)N3CCCC3)no2)c1.COC(=O)CCc1cc(-c2cncc(OC[C@@H]3CCN3C(=O)OC(C)(C)C)c2)on1.O=C(CCc1cc(-c2cncc(OC[C@@H]3CCN3)c2)on1)N1CCCC1. The predicted octanol–water partition coefficient (Wildman–Crippen LogP) is 13.0. The Bertz CT molecular complexity index is 4700. The Morgan fingerprint density at radius 2 is 0.646 bits per heavy atom. The molecule has 0 aromatic carbocycles. The number of methoxy groups -OCH3 is 1. The van der Waals surface area contributed by atoms with Crippen LogP contribution in [0, 0.1) is 0 Å². The van der Waals surface area contributed by atoms with E-state index in [1.165, 1.54) is 33.0 Å². The van der Waals surface area contributed by atoms with Gasteiger partial charge in [-0.25, -0.2) is 14.4 Å². The van der Waals surface area contributed by atoms with Crippen molar-refractivity contribution in [3.8, 4) is 68.3 Å². The van der Waals surface area contributed by atoms with E-state index in [1.54, 1.807) is 76.4 Å². The summed E-state index contributed by atoms with van der Waals surface area (Å²) in [5, 5.41) is 22.8. The zero-order valence-electron chi connectivity index (χ0n) is 75.0. The summed E-state index contributed by atoms with van der Waals surface area (Å²) in [6.07, 6.45) is 29.2. The summed E-state index contributed by atoms with van der Waals surface area (Å²) >= 11 is 0. The first kappa shape index (κ1) is 94.4. The van der Waals surface area contributed by atoms with Crippen molar-refractivity contribution in [2.24, 2.45) is 0 Å². The largest absolute Gasteiger partial charge is 0.490 e. The van der Waals surface area contributed by atoms with E-state index in [-0.39, 0.29) is 66.5 Å². The number of carbonyl (C=O) groups is 7. The Balaban J connectivity index is 0.000000151. The molecule has 8 aliphatic rings. The van der Waals surface area contributed by atoms with Crippen molar-refractivity contribution in [2.45, 2.75) is 232 Å². The zero-order valence-corrected chi connectivity index (χ0v) is 75.0. The Labute approximate surface area is 741 Å². The minimum Gasteiger partial charge on any atom is -0.490 e. The molecule has 0 saturated carbocycles. The number of aryl methyl sites for hydroxylation is 4. The molecule has 35 nitrogen and oxygen atoms in total. The molecule has 127 heavy (non-hydrogen) atoms. The zero-order chi connectivity index (χ0) is 89.9. The first-order valence-electron chi connectivity index (χ1n) is 44.6. The third-order valence-electron chi connectivity index (χ3n) is 22.2. The second-order valence-electron chi connectivity index (χ2n) is 35.7. The van der Waals surface area contributed by atoms with Crippen LogP contribution in [0.1, 0.15) is 188 Å². The molecule has 0 bridgehead atoms. The van der Waals surface area contributed by atoms with Crippen LogP contribution >= 0.6 is 0 Å². The van der Waals surface area contributed by atoms with Gasteiger partial charge in [0.15, 0.2) is 23.0 Å². The van der Waals surface area contributed by atoms with Gasteiger partial charge in [-0.2, -0.15) is 0 Å². The number of nitrogens with one attached hydrogen (secondary N) is 2. The van der Waals surface area contributed by atoms with Crippen LogP contribution in [-0.2, 0) is 63.8 Å². The van der Waals surface area contributed by atoms with Crippen molar-refractivity contribution in [3.05, 3.63) is 121 Å². The van der Waals surface area contributed by atoms with Gasteiger partial charge in [0.1, 0.15) is 66.2 Å². The van der Waals surface area contributed by atoms with Gasteiger partial charge in [-0.05, 0) is 183 Å². The number of rotatable bonds is 28. The summed E-state index contributed by atoms with van der Waals surface area (Å²) < 4.78 is 66.1. The maximum Gasteiger partial charge on any atom is 0.410 e. The molecule has 2 N–H and O–H groups in total. The number of esters is 1. The lowest BCUT2D eigenvalue weighted by atomic mass is 10.1. The first-order valence-corrected chi connectivity index (χ1v) is 44.6. The highest BCUT2D eigenvalue weighted by Gasteiger charge is 2.39. The van der Waals surface area contributed by atoms with Crippen LogP contribution in [0.3, 0.4) is 0 Å². The number of pyridine rings is 4. The molecule has 686 valence electrons. The van der Waals surface area contributed by atoms with E-state index < -0.39 is 16.8 Å². The van der Waals surface area contributed by atoms with Crippen molar-refractivity contribution in [1.82, 2.24) is 80.6 Å². The molecule has 8 aliphatic heterocycles. The molecule has 4 atom stereocenters. The Hall–Kier alpha value is -11.8. The Morgan fingerprint density at radius 3 is 0.882 bits per heavy atom. The molecule has 16 heterocycles. The number of hydrogen-bond acceptors (Lipinski definition) is 29.